The summed E-state index contributed by atoms with van der Waals surface area (Å²) >= 11 is 0. The van der Waals surface area contributed by atoms with Crippen LogP contribution in [0, 0.1) is 0 Å². The normalized spacial score (nSPS) is 10.8. The quantitative estimate of drug-likeness (QED) is 0.124. The molecule has 0 unspecified atom stereocenters. The average molecular weight is 492 g/mol. The van der Waals surface area contributed by atoms with E-state index in [0.29, 0.717) is 29.5 Å². The van der Waals surface area contributed by atoms with Crippen LogP contribution in [0.15, 0.2) is 78.5 Å². The number of esters is 1. The van der Waals surface area contributed by atoms with Gasteiger partial charge in [-0.2, -0.15) is 0 Å². The average Bonchev–Trinajstić information content (AvgIpc) is 2.92. The largest absolute Gasteiger partial charge is 0.497 e. The summed E-state index contributed by atoms with van der Waals surface area (Å²) in [7, 11) is 4.49. The molecule has 0 atom stereocenters. The van der Waals surface area contributed by atoms with Crippen LogP contribution < -0.4 is 24.3 Å². The molecule has 188 valence electrons. The molecule has 0 bridgehead atoms. The van der Waals surface area contributed by atoms with E-state index in [0.717, 1.165) is 5.56 Å². The minimum absolute atomic E-state index is 0.111. The van der Waals surface area contributed by atoms with Crippen molar-refractivity contribution in [3.05, 3.63) is 89.6 Å². The summed E-state index contributed by atoms with van der Waals surface area (Å²) in [6, 6.07) is 19.7. The number of hydrogen-bond acceptors (Lipinski definition) is 8. The third-order valence-electron chi connectivity index (χ3n) is 5.14. The van der Waals surface area contributed by atoms with Gasteiger partial charge in [0.2, 0.25) is 5.78 Å². The predicted molar refractivity (Wildman–Crippen MR) is 136 cm³/mol. The fraction of sp³-hybridized carbons (Fsp3) is 0.214. The van der Waals surface area contributed by atoms with Crippen LogP contribution >= 0.6 is 0 Å². The maximum atomic E-state index is 13.3. The van der Waals surface area contributed by atoms with Crippen molar-refractivity contribution >= 4 is 17.4 Å². The molecule has 0 aliphatic heterocycles. The Morgan fingerprint density at radius 2 is 1.56 bits per heavy atom. The molecule has 3 aromatic carbocycles. The van der Waals surface area contributed by atoms with Crippen LogP contribution in [0.1, 0.15) is 22.8 Å². The van der Waals surface area contributed by atoms with Crippen LogP contribution in [0.3, 0.4) is 0 Å². The number of nitrogens with one attached hydrogen (secondary N) is 1. The van der Waals surface area contributed by atoms with Crippen LogP contribution in [0.4, 0.5) is 5.69 Å². The first-order chi connectivity index (χ1) is 17.5. The monoisotopic (exact) mass is 491 g/mol. The third-order valence-corrected chi connectivity index (χ3v) is 5.14. The van der Waals surface area contributed by atoms with Gasteiger partial charge in [0.05, 0.1) is 33.5 Å². The number of ketones is 1. The van der Waals surface area contributed by atoms with E-state index < -0.39 is 11.8 Å². The van der Waals surface area contributed by atoms with E-state index in [1.165, 1.54) is 26.5 Å². The zero-order valence-electron chi connectivity index (χ0n) is 20.7. The minimum atomic E-state index is -0.767. The predicted octanol–water partition coefficient (Wildman–Crippen LogP) is 5.03. The van der Waals surface area contributed by atoms with Gasteiger partial charge in [-0.3, -0.25) is 4.79 Å². The minimum Gasteiger partial charge on any atom is -0.497 e. The molecule has 8 heteroatoms. The Hall–Kier alpha value is -4.46. The Morgan fingerprint density at radius 1 is 0.833 bits per heavy atom. The topological polar surface area (TPSA) is 92.3 Å². The Labute approximate surface area is 210 Å². The lowest BCUT2D eigenvalue weighted by atomic mass is 10.0. The lowest BCUT2D eigenvalue weighted by Gasteiger charge is -2.13. The lowest BCUT2D eigenvalue weighted by Crippen LogP contribution is -2.18. The van der Waals surface area contributed by atoms with Crippen molar-refractivity contribution in [1.29, 1.82) is 0 Å². The Morgan fingerprint density at radius 3 is 2.22 bits per heavy atom. The van der Waals surface area contributed by atoms with Gasteiger partial charge in [-0.15, -0.1) is 0 Å². The van der Waals surface area contributed by atoms with E-state index in [9.17, 15) is 9.59 Å². The van der Waals surface area contributed by atoms with Crippen molar-refractivity contribution in [2.45, 2.75) is 13.5 Å². The van der Waals surface area contributed by atoms with E-state index in [2.05, 4.69) is 5.32 Å². The van der Waals surface area contributed by atoms with Gasteiger partial charge in [0.15, 0.2) is 0 Å². The molecule has 0 heterocycles. The number of ether oxygens (including phenoxy) is 5. The molecule has 0 aliphatic rings. The number of hydrogen-bond donors (Lipinski definition) is 1. The summed E-state index contributed by atoms with van der Waals surface area (Å²) in [6.07, 6.45) is 1.31. The number of methoxy groups -OCH3 is 3. The number of carbonyl (C=O) groups is 2. The molecule has 3 aromatic rings. The second-order valence-electron chi connectivity index (χ2n) is 7.49. The first kappa shape index (κ1) is 26.2. The highest BCUT2D eigenvalue weighted by Crippen LogP contribution is 2.29. The SMILES string of the molecule is CCOC(=O)C(=CNc1cc(OC)cc(OCc2ccccc2)c1)C(=O)c1ccc(OC)cc1OC. The van der Waals surface area contributed by atoms with E-state index in [4.69, 9.17) is 23.7 Å². The number of Topliss-reactive ketones (excluding diaryl/α,β-unsaturated/α-hetero) is 1. The van der Waals surface area contributed by atoms with Gasteiger partial charge in [-0.05, 0) is 24.6 Å². The van der Waals surface area contributed by atoms with Gasteiger partial charge in [-0.25, -0.2) is 4.79 Å². The molecular formula is C28H29NO7. The Balaban J connectivity index is 1.89. The molecule has 36 heavy (non-hydrogen) atoms. The van der Waals surface area contributed by atoms with Crippen LogP contribution in [-0.2, 0) is 16.1 Å². The van der Waals surface area contributed by atoms with Crippen molar-refractivity contribution in [3.63, 3.8) is 0 Å². The summed E-state index contributed by atoms with van der Waals surface area (Å²) in [6.45, 7) is 2.15. The first-order valence-corrected chi connectivity index (χ1v) is 11.2. The summed E-state index contributed by atoms with van der Waals surface area (Å²) in [5, 5.41) is 3.00. The van der Waals surface area contributed by atoms with Crippen LogP contribution in [0.2, 0.25) is 0 Å². The van der Waals surface area contributed by atoms with Crippen molar-refractivity contribution in [1.82, 2.24) is 0 Å². The second-order valence-corrected chi connectivity index (χ2v) is 7.49. The number of carbonyl (C=O) groups excluding carboxylic acids is 2. The van der Waals surface area contributed by atoms with Crippen LogP contribution in [-0.4, -0.2) is 39.7 Å². The van der Waals surface area contributed by atoms with Crippen LogP contribution in [0.25, 0.3) is 0 Å². The molecule has 0 saturated heterocycles. The molecule has 8 nitrogen and oxygen atoms in total. The number of benzene rings is 3. The summed E-state index contributed by atoms with van der Waals surface area (Å²) < 4.78 is 26.9. The molecule has 0 radical (unpaired) electrons. The maximum Gasteiger partial charge on any atom is 0.343 e. The molecule has 0 aromatic heterocycles. The molecule has 3 rings (SSSR count). The van der Waals surface area contributed by atoms with Gasteiger partial charge < -0.3 is 29.0 Å². The highest BCUT2D eigenvalue weighted by Gasteiger charge is 2.24. The Kier molecular flexibility index (Phi) is 9.33. The fourth-order valence-corrected chi connectivity index (χ4v) is 3.31. The van der Waals surface area contributed by atoms with Gasteiger partial charge in [0.25, 0.3) is 0 Å². The standard InChI is InChI=1S/C28H29NO7/c1-5-35-28(31)25(27(30)24-12-11-21(32-2)16-26(24)34-4)17-29-20-13-22(33-3)15-23(14-20)36-18-19-9-7-6-8-10-19/h6-17,29H,5,18H2,1-4H3. The van der Waals surface area contributed by atoms with E-state index in [-0.39, 0.29) is 23.5 Å². The van der Waals surface area contributed by atoms with E-state index >= 15 is 0 Å². The summed E-state index contributed by atoms with van der Waals surface area (Å²) in [5.41, 5.74) is 1.55. The highest BCUT2D eigenvalue weighted by atomic mass is 16.5. The first-order valence-electron chi connectivity index (χ1n) is 11.2. The number of anilines is 1. The third kappa shape index (κ3) is 6.79. The second kappa shape index (κ2) is 12.9. The van der Waals surface area contributed by atoms with E-state index in [1.54, 1.807) is 44.4 Å². The van der Waals surface area contributed by atoms with Crippen molar-refractivity contribution in [3.8, 4) is 23.0 Å². The fourth-order valence-electron chi connectivity index (χ4n) is 3.31. The Bertz CT molecular complexity index is 1220. The van der Waals surface area contributed by atoms with Gasteiger partial charge in [0.1, 0.15) is 35.2 Å². The van der Waals surface area contributed by atoms with Gasteiger partial charge >= 0.3 is 5.97 Å². The van der Waals surface area contributed by atoms with Crippen molar-refractivity contribution in [2.75, 3.05) is 33.3 Å². The van der Waals surface area contributed by atoms with Crippen molar-refractivity contribution < 1.29 is 33.3 Å². The molecular weight excluding hydrogens is 462 g/mol. The zero-order chi connectivity index (χ0) is 25.9. The summed E-state index contributed by atoms with van der Waals surface area (Å²) in [4.78, 5) is 26.0. The van der Waals surface area contributed by atoms with Crippen molar-refractivity contribution in [2.24, 2.45) is 0 Å². The van der Waals surface area contributed by atoms with E-state index in [1.807, 2.05) is 30.3 Å². The smallest absolute Gasteiger partial charge is 0.343 e. The number of rotatable bonds is 12. The maximum absolute atomic E-state index is 13.3. The molecule has 0 saturated carbocycles. The molecule has 0 spiro atoms. The van der Waals surface area contributed by atoms with Crippen LogP contribution in [0.5, 0.6) is 23.0 Å². The highest BCUT2D eigenvalue weighted by molar-refractivity contribution is 6.25. The molecule has 0 aliphatic carbocycles. The summed E-state index contributed by atoms with van der Waals surface area (Å²) in [5.74, 6) is 0.544. The van der Waals surface area contributed by atoms with Gasteiger partial charge in [0, 0.05) is 36.2 Å². The molecule has 0 fully saturated rings. The molecule has 1 N–H and O–H groups in total. The molecule has 0 amide bonds. The van der Waals surface area contributed by atoms with Gasteiger partial charge in [-0.1, -0.05) is 30.3 Å². The lowest BCUT2D eigenvalue weighted by molar-refractivity contribution is -0.138. The zero-order valence-corrected chi connectivity index (χ0v) is 20.7.